The van der Waals surface area contributed by atoms with Gasteiger partial charge in [0.2, 0.25) is 0 Å². The molecule has 0 aliphatic carbocycles. The molecule has 2 rings (SSSR count). The Kier molecular flexibility index (Phi) is 4.16. The Morgan fingerprint density at radius 3 is 2.47 bits per heavy atom. The predicted molar refractivity (Wildman–Crippen MR) is 80.8 cm³/mol. The van der Waals surface area contributed by atoms with E-state index in [9.17, 15) is 5.11 Å². The van der Waals surface area contributed by atoms with Crippen LogP contribution in [0.25, 0.3) is 0 Å². The first-order valence-electron chi connectivity index (χ1n) is 7.15. The molecule has 1 aliphatic rings. The lowest BCUT2D eigenvalue weighted by Crippen LogP contribution is -2.63. The highest BCUT2D eigenvalue weighted by molar-refractivity contribution is 5.49. The lowest BCUT2D eigenvalue weighted by atomic mass is 9.97. The molecule has 2 N–H and O–H groups in total. The molecule has 1 aromatic carbocycles. The van der Waals surface area contributed by atoms with E-state index in [0.717, 1.165) is 13.1 Å². The van der Waals surface area contributed by atoms with Gasteiger partial charge in [0, 0.05) is 30.4 Å². The maximum atomic E-state index is 9.42. The highest BCUT2D eigenvalue weighted by atomic mass is 16.3. The number of aliphatic hydroxyl groups excluding tert-OH is 1. The van der Waals surface area contributed by atoms with Crippen molar-refractivity contribution in [2.24, 2.45) is 0 Å². The van der Waals surface area contributed by atoms with E-state index < -0.39 is 0 Å². The summed E-state index contributed by atoms with van der Waals surface area (Å²) >= 11 is 0. The molecule has 106 valence electrons. The van der Waals surface area contributed by atoms with E-state index in [0.29, 0.717) is 5.92 Å². The van der Waals surface area contributed by atoms with Crippen LogP contribution in [0.1, 0.15) is 39.2 Å². The molecule has 3 nitrogen and oxygen atoms in total. The van der Waals surface area contributed by atoms with Crippen LogP contribution in [0.5, 0.6) is 0 Å². The number of benzene rings is 1. The first-order chi connectivity index (χ1) is 8.91. The number of hydrogen-bond donors (Lipinski definition) is 2. The summed E-state index contributed by atoms with van der Waals surface area (Å²) in [5.74, 6) is 0.568. The van der Waals surface area contributed by atoms with E-state index in [1.807, 2.05) is 0 Å². The van der Waals surface area contributed by atoms with Gasteiger partial charge in [-0.15, -0.1) is 0 Å². The third-order valence-corrected chi connectivity index (χ3v) is 3.77. The minimum absolute atomic E-state index is 0.0301. The molecule has 0 spiro atoms. The minimum atomic E-state index is 0.0301. The van der Waals surface area contributed by atoms with Crippen molar-refractivity contribution in [1.82, 2.24) is 5.32 Å². The summed E-state index contributed by atoms with van der Waals surface area (Å²) in [5.41, 5.74) is 2.65. The number of rotatable bonds is 3. The third kappa shape index (κ3) is 3.48. The van der Waals surface area contributed by atoms with Gasteiger partial charge >= 0.3 is 0 Å². The van der Waals surface area contributed by atoms with Crippen molar-refractivity contribution in [3.8, 4) is 0 Å². The maximum Gasteiger partial charge on any atom is 0.0602 e. The summed E-state index contributed by atoms with van der Waals surface area (Å²) in [6.45, 7) is 10.8. The Labute approximate surface area is 116 Å². The monoisotopic (exact) mass is 262 g/mol. The van der Waals surface area contributed by atoms with Gasteiger partial charge in [0.1, 0.15) is 0 Å². The number of aliphatic hydroxyl groups is 1. The van der Waals surface area contributed by atoms with Gasteiger partial charge in [-0.2, -0.15) is 0 Å². The zero-order valence-electron chi connectivity index (χ0n) is 12.5. The van der Waals surface area contributed by atoms with Crippen LogP contribution in [0.4, 0.5) is 5.69 Å². The normalized spacial score (nSPS) is 22.8. The number of nitrogens with one attached hydrogen (secondary N) is 1. The first kappa shape index (κ1) is 14.4. The summed E-state index contributed by atoms with van der Waals surface area (Å²) < 4.78 is 0. The van der Waals surface area contributed by atoms with Crippen LogP contribution in [0.3, 0.4) is 0 Å². The second kappa shape index (κ2) is 5.51. The smallest absolute Gasteiger partial charge is 0.0602 e. The van der Waals surface area contributed by atoms with E-state index in [-0.39, 0.29) is 18.2 Å². The summed E-state index contributed by atoms with van der Waals surface area (Å²) in [6, 6.07) is 8.97. The molecule has 1 saturated heterocycles. The van der Waals surface area contributed by atoms with Crippen LogP contribution in [0, 0.1) is 0 Å². The van der Waals surface area contributed by atoms with Gasteiger partial charge in [-0.25, -0.2) is 0 Å². The molecule has 0 bridgehead atoms. The first-order valence-corrected chi connectivity index (χ1v) is 7.15. The molecule has 0 radical (unpaired) electrons. The Hall–Kier alpha value is -1.06. The van der Waals surface area contributed by atoms with E-state index in [2.05, 4.69) is 62.2 Å². The van der Waals surface area contributed by atoms with Gasteiger partial charge in [-0.05, 0) is 37.5 Å². The van der Waals surface area contributed by atoms with Gasteiger partial charge in [0.25, 0.3) is 0 Å². The van der Waals surface area contributed by atoms with Crippen molar-refractivity contribution in [1.29, 1.82) is 0 Å². The molecule has 3 heteroatoms. The van der Waals surface area contributed by atoms with Gasteiger partial charge < -0.3 is 15.3 Å². The Balaban J connectivity index is 2.16. The quantitative estimate of drug-likeness (QED) is 0.878. The standard InChI is InChI=1S/C16H26N2O/c1-12(2)13-5-7-15(8-6-13)18-9-14(10-19)17-16(3,4)11-18/h5-8,12,14,17,19H,9-11H2,1-4H3. The Bertz CT molecular complexity index is 411. The average Bonchev–Trinajstić information content (AvgIpc) is 2.37. The van der Waals surface area contributed by atoms with Crippen LogP contribution >= 0.6 is 0 Å². The molecule has 0 amide bonds. The number of hydrogen-bond acceptors (Lipinski definition) is 3. The van der Waals surface area contributed by atoms with Gasteiger partial charge in [0.05, 0.1) is 6.61 Å². The number of nitrogens with zero attached hydrogens (tertiary/aromatic N) is 1. The number of anilines is 1. The Morgan fingerprint density at radius 1 is 1.32 bits per heavy atom. The molecule has 19 heavy (non-hydrogen) atoms. The molecule has 0 aromatic heterocycles. The SMILES string of the molecule is CC(C)c1ccc(N2CC(CO)NC(C)(C)C2)cc1. The molecule has 1 unspecified atom stereocenters. The van der Waals surface area contributed by atoms with Gasteiger partial charge in [0.15, 0.2) is 0 Å². The number of piperazine rings is 1. The van der Waals surface area contributed by atoms with Crippen LogP contribution in [-0.4, -0.2) is 36.4 Å². The van der Waals surface area contributed by atoms with Gasteiger partial charge in [-0.1, -0.05) is 26.0 Å². The fourth-order valence-corrected chi connectivity index (χ4v) is 2.82. The predicted octanol–water partition coefficient (Wildman–Crippen LogP) is 2.36. The average molecular weight is 262 g/mol. The van der Waals surface area contributed by atoms with Crippen LogP contribution in [-0.2, 0) is 0 Å². The summed E-state index contributed by atoms with van der Waals surface area (Å²) in [5, 5.41) is 12.9. The van der Waals surface area contributed by atoms with Crippen LogP contribution in [0.2, 0.25) is 0 Å². The lowest BCUT2D eigenvalue weighted by Gasteiger charge is -2.44. The van der Waals surface area contributed by atoms with Crippen molar-refractivity contribution in [2.45, 2.75) is 45.2 Å². The molecule has 1 aromatic rings. The summed E-state index contributed by atoms with van der Waals surface area (Å²) in [6.07, 6.45) is 0. The zero-order valence-corrected chi connectivity index (χ0v) is 12.5. The molecular formula is C16H26N2O. The van der Waals surface area contributed by atoms with Crippen molar-refractivity contribution >= 4 is 5.69 Å². The molecular weight excluding hydrogens is 236 g/mol. The zero-order chi connectivity index (χ0) is 14.0. The summed E-state index contributed by atoms with van der Waals surface area (Å²) in [4.78, 5) is 2.36. The van der Waals surface area contributed by atoms with Crippen molar-refractivity contribution in [2.75, 3.05) is 24.6 Å². The maximum absolute atomic E-state index is 9.42. The molecule has 0 saturated carbocycles. The van der Waals surface area contributed by atoms with Crippen molar-refractivity contribution in [3.63, 3.8) is 0 Å². The van der Waals surface area contributed by atoms with Crippen LogP contribution < -0.4 is 10.2 Å². The van der Waals surface area contributed by atoms with Crippen LogP contribution in [0.15, 0.2) is 24.3 Å². The molecule has 1 aliphatic heterocycles. The molecule has 1 heterocycles. The highest BCUT2D eigenvalue weighted by Gasteiger charge is 2.31. The fraction of sp³-hybridized carbons (Fsp3) is 0.625. The molecule has 1 atom stereocenters. The summed E-state index contributed by atoms with van der Waals surface area (Å²) in [7, 11) is 0. The minimum Gasteiger partial charge on any atom is -0.395 e. The third-order valence-electron chi connectivity index (χ3n) is 3.77. The lowest BCUT2D eigenvalue weighted by molar-refractivity contribution is 0.191. The van der Waals surface area contributed by atoms with Crippen molar-refractivity contribution < 1.29 is 5.11 Å². The molecule has 1 fully saturated rings. The van der Waals surface area contributed by atoms with Gasteiger partial charge in [-0.3, -0.25) is 0 Å². The van der Waals surface area contributed by atoms with E-state index in [4.69, 9.17) is 0 Å². The second-order valence-electron chi connectivity index (χ2n) is 6.53. The van der Waals surface area contributed by atoms with Crippen molar-refractivity contribution in [3.05, 3.63) is 29.8 Å². The van der Waals surface area contributed by atoms with E-state index in [1.165, 1.54) is 11.3 Å². The van der Waals surface area contributed by atoms with E-state index >= 15 is 0 Å². The van der Waals surface area contributed by atoms with E-state index in [1.54, 1.807) is 0 Å². The second-order valence-corrected chi connectivity index (χ2v) is 6.53. The topological polar surface area (TPSA) is 35.5 Å². The largest absolute Gasteiger partial charge is 0.395 e. The Morgan fingerprint density at radius 2 is 1.95 bits per heavy atom. The highest BCUT2D eigenvalue weighted by Crippen LogP contribution is 2.24. The fourth-order valence-electron chi connectivity index (χ4n) is 2.82.